The summed E-state index contributed by atoms with van der Waals surface area (Å²) in [5, 5.41) is 8.10. The predicted molar refractivity (Wildman–Crippen MR) is 108 cm³/mol. The Morgan fingerprint density at radius 1 is 1.04 bits per heavy atom. The van der Waals surface area contributed by atoms with Crippen LogP contribution in [0.1, 0.15) is 20.3 Å². The summed E-state index contributed by atoms with van der Waals surface area (Å²) in [5.74, 6) is 1.60. The molecule has 25 heavy (non-hydrogen) atoms. The van der Waals surface area contributed by atoms with Gasteiger partial charge in [0.2, 0.25) is 0 Å². The summed E-state index contributed by atoms with van der Waals surface area (Å²) >= 11 is 1.79. The van der Waals surface area contributed by atoms with Crippen LogP contribution in [0.5, 0.6) is 0 Å². The second kappa shape index (κ2) is 6.81. The fraction of sp³-hybridized carbons (Fsp3) is 0.238. The molecule has 0 atom stereocenters. The minimum absolute atomic E-state index is 0.674. The van der Waals surface area contributed by atoms with Gasteiger partial charge < -0.3 is 5.32 Å². The smallest absolute Gasteiger partial charge is 0.137 e. The van der Waals surface area contributed by atoms with E-state index in [9.17, 15) is 0 Å². The third kappa shape index (κ3) is 3.22. The molecular weight excluding hydrogens is 326 g/mol. The molecule has 0 aliphatic rings. The topological polar surface area (TPSA) is 37.8 Å². The standard InChI is InChI=1S/C21H21N3S/c1-14(2)9-10-22-21-17-11-15(7-8-19(17)23-13-24-21)18-12-25-20-6-4-3-5-16(18)20/h3-8,11-14H,9-10H2,1-2H3,(H,22,23,24). The first-order valence-electron chi connectivity index (χ1n) is 8.67. The molecule has 0 saturated heterocycles. The number of aromatic nitrogens is 2. The zero-order valence-corrected chi connectivity index (χ0v) is 15.3. The molecule has 0 bridgehead atoms. The van der Waals surface area contributed by atoms with Crippen LogP contribution in [0.2, 0.25) is 0 Å². The molecule has 2 heterocycles. The number of fused-ring (bicyclic) bond motifs is 2. The molecule has 0 amide bonds. The van der Waals surface area contributed by atoms with Crippen molar-refractivity contribution in [2.24, 2.45) is 5.92 Å². The highest BCUT2D eigenvalue weighted by Crippen LogP contribution is 2.35. The second-order valence-corrected chi connectivity index (χ2v) is 7.62. The largest absolute Gasteiger partial charge is 0.369 e. The number of thiophene rings is 1. The van der Waals surface area contributed by atoms with Crippen LogP contribution in [-0.4, -0.2) is 16.5 Å². The third-order valence-corrected chi connectivity index (χ3v) is 5.40. The summed E-state index contributed by atoms with van der Waals surface area (Å²) in [6.07, 6.45) is 2.76. The molecule has 2 aromatic carbocycles. The van der Waals surface area contributed by atoms with Crippen molar-refractivity contribution in [3.63, 3.8) is 0 Å². The SMILES string of the molecule is CC(C)CCNc1ncnc2ccc(-c3csc4ccccc34)cc12. The summed E-state index contributed by atoms with van der Waals surface area (Å²) in [6.45, 7) is 5.40. The van der Waals surface area contributed by atoms with Crippen LogP contribution >= 0.6 is 11.3 Å². The lowest BCUT2D eigenvalue weighted by molar-refractivity contribution is 0.607. The molecule has 126 valence electrons. The molecule has 0 aliphatic carbocycles. The Hall–Kier alpha value is -2.46. The molecule has 2 aromatic heterocycles. The van der Waals surface area contributed by atoms with Gasteiger partial charge >= 0.3 is 0 Å². The summed E-state index contributed by atoms with van der Waals surface area (Å²) in [6, 6.07) is 15.0. The van der Waals surface area contributed by atoms with Gasteiger partial charge in [-0.1, -0.05) is 38.1 Å². The lowest BCUT2D eigenvalue weighted by atomic mass is 10.0. The molecule has 0 spiro atoms. The van der Waals surface area contributed by atoms with Crippen molar-refractivity contribution >= 4 is 38.1 Å². The zero-order valence-electron chi connectivity index (χ0n) is 14.5. The number of rotatable bonds is 5. The molecular formula is C21H21N3S. The van der Waals surface area contributed by atoms with Gasteiger partial charge in [0.05, 0.1) is 5.52 Å². The van der Waals surface area contributed by atoms with Gasteiger partial charge in [0.25, 0.3) is 0 Å². The molecule has 4 rings (SSSR count). The van der Waals surface area contributed by atoms with E-state index in [4.69, 9.17) is 0 Å². The van der Waals surface area contributed by atoms with Gasteiger partial charge in [-0.05, 0) is 41.5 Å². The first-order chi connectivity index (χ1) is 12.2. The van der Waals surface area contributed by atoms with Crippen molar-refractivity contribution in [3.05, 3.63) is 54.2 Å². The molecule has 4 aromatic rings. The van der Waals surface area contributed by atoms with Gasteiger partial charge in [-0.15, -0.1) is 11.3 Å². The number of nitrogens with one attached hydrogen (secondary N) is 1. The number of hydrogen-bond donors (Lipinski definition) is 1. The summed E-state index contributed by atoms with van der Waals surface area (Å²) < 4.78 is 1.32. The van der Waals surface area contributed by atoms with Crippen LogP contribution in [0.25, 0.3) is 32.1 Å². The Kier molecular flexibility index (Phi) is 4.36. The molecule has 1 N–H and O–H groups in total. The molecule has 0 saturated carbocycles. The average Bonchev–Trinajstić information content (AvgIpc) is 3.05. The van der Waals surface area contributed by atoms with Gasteiger partial charge in [-0.3, -0.25) is 0 Å². The quantitative estimate of drug-likeness (QED) is 0.483. The maximum absolute atomic E-state index is 4.47. The Morgan fingerprint density at radius 2 is 1.92 bits per heavy atom. The van der Waals surface area contributed by atoms with E-state index in [1.54, 1.807) is 17.7 Å². The summed E-state index contributed by atoms with van der Waals surface area (Å²) in [5.41, 5.74) is 3.47. The van der Waals surface area contributed by atoms with E-state index >= 15 is 0 Å². The van der Waals surface area contributed by atoms with E-state index in [0.717, 1.165) is 29.7 Å². The van der Waals surface area contributed by atoms with Crippen LogP contribution < -0.4 is 5.32 Å². The molecule has 0 aliphatic heterocycles. The van der Waals surface area contributed by atoms with Crippen molar-refractivity contribution in [1.82, 2.24) is 9.97 Å². The minimum atomic E-state index is 0.674. The van der Waals surface area contributed by atoms with E-state index in [2.05, 4.69) is 77.0 Å². The number of benzene rings is 2. The Labute approximate surface area is 151 Å². The number of hydrogen-bond acceptors (Lipinski definition) is 4. The molecule has 0 radical (unpaired) electrons. The maximum Gasteiger partial charge on any atom is 0.137 e. The average molecular weight is 347 g/mol. The highest BCUT2D eigenvalue weighted by Gasteiger charge is 2.09. The van der Waals surface area contributed by atoms with Gasteiger partial charge in [0.15, 0.2) is 0 Å². The minimum Gasteiger partial charge on any atom is -0.369 e. The normalized spacial score (nSPS) is 11.5. The van der Waals surface area contributed by atoms with Crippen molar-refractivity contribution in [1.29, 1.82) is 0 Å². The van der Waals surface area contributed by atoms with Gasteiger partial charge in [-0.2, -0.15) is 0 Å². The first-order valence-corrected chi connectivity index (χ1v) is 9.55. The molecule has 0 fully saturated rings. The van der Waals surface area contributed by atoms with Gasteiger partial charge in [0.1, 0.15) is 12.1 Å². The lowest BCUT2D eigenvalue weighted by Crippen LogP contribution is -2.06. The van der Waals surface area contributed by atoms with E-state index in [1.807, 2.05) is 0 Å². The van der Waals surface area contributed by atoms with Crippen LogP contribution in [0.15, 0.2) is 54.2 Å². The highest BCUT2D eigenvalue weighted by molar-refractivity contribution is 7.17. The predicted octanol–water partition coefficient (Wildman–Crippen LogP) is 5.97. The first kappa shape index (κ1) is 16.0. The molecule has 4 heteroatoms. The fourth-order valence-corrected chi connectivity index (χ4v) is 4.02. The van der Waals surface area contributed by atoms with Crippen LogP contribution in [-0.2, 0) is 0 Å². The third-order valence-electron chi connectivity index (χ3n) is 4.44. The van der Waals surface area contributed by atoms with Crippen LogP contribution in [0.4, 0.5) is 5.82 Å². The Balaban J connectivity index is 1.76. The van der Waals surface area contributed by atoms with Crippen LogP contribution in [0.3, 0.4) is 0 Å². The molecule has 3 nitrogen and oxygen atoms in total. The zero-order chi connectivity index (χ0) is 17.2. The van der Waals surface area contributed by atoms with Crippen molar-refractivity contribution in [2.45, 2.75) is 20.3 Å². The summed E-state index contributed by atoms with van der Waals surface area (Å²) in [4.78, 5) is 8.89. The Bertz CT molecular complexity index is 1020. The van der Waals surface area contributed by atoms with E-state index in [-0.39, 0.29) is 0 Å². The second-order valence-electron chi connectivity index (χ2n) is 6.71. The van der Waals surface area contributed by atoms with E-state index < -0.39 is 0 Å². The maximum atomic E-state index is 4.47. The summed E-state index contributed by atoms with van der Waals surface area (Å²) in [7, 11) is 0. The highest BCUT2D eigenvalue weighted by atomic mass is 32.1. The van der Waals surface area contributed by atoms with Gasteiger partial charge in [-0.25, -0.2) is 9.97 Å². The van der Waals surface area contributed by atoms with E-state index in [0.29, 0.717) is 5.92 Å². The Morgan fingerprint density at radius 3 is 2.80 bits per heavy atom. The number of nitrogens with zero attached hydrogens (tertiary/aromatic N) is 2. The fourth-order valence-electron chi connectivity index (χ4n) is 3.05. The number of anilines is 1. The van der Waals surface area contributed by atoms with Crippen molar-refractivity contribution in [2.75, 3.05) is 11.9 Å². The monoisotopic (exact) mass is 347 g/mol. The van der Waals surface area contributed by atoms with Crippen LogP contribution in [0, 0.1) is 5.92 Å². The molecule has 0 unspecified atom stereocenters. The van der Waals surface area contributed by atoms with Crippen molar-refractivity contribution < 1.29 is 0 Å². The van der Waals surface area contributed by atoms with Crippen molar-refractivity contribution in [3.8, 4) is 11.1 Å². The van der Waals surface area contributed by atoms with E-state index in [1.165, 1.54) is 21.2 Å². The lowest BCUT2D eigenvalue weighted by Gasteiger charge is -2.10. The van der Waals surface area contributed by atoms with Gasteiger partial charge in [0, 0.05) is 27.6 Å².